The average Bonchev–Trinajstić information content (AvgIpc) is 2.26. The number of ether oxygens (including phenoxy) is 1. The van der Waals surface area contributed by atoms with Crippen molar-refractivity contribution in [2.75, 3.05) is 18.1 Å². The molecule has 1 rings (SSSR count). The van der Waals surface area contributed by atoms with E-state index in [0.717, 1.165) is 23.6 Å². The van der Waals surface area contributed by atoms with Crippen LogP contribution in [0.5, 0.6) is 5.88 Å². The molecular weight excluding hydrogens is 210 g/mol. The Morgan fingerprint density at radius 3 is 2.80 bits per heavy atom. The van der Waals surface area contributed by atoms with Crippen LogP contribution in [0.25, 0.3) is 0 Å². The molecule has 0 fully saturated rings. The minimum atomic E-state index is 0.505. The van der Waals surface area contributed by atoms with Crippen LogP contribution in [0, 0.1) is 0 Å². The molecule has 84 valence electrons. The van der Waals surface area contributed by atoms with Crippen LogP contribution >= 0.6 is 11.8 Å². The first-order valence-corrected chi connectivity index (χ1v) is 6.14. The highest BCUT2D eigenvalue weighted by atomic mass is 32.2. The Morgan fingerprint density at radius 2 is 2.13 bits per heavy atom. The van der Waals surface area contributed by atoms with E-state index >= 15 is 0 Å². The first-order chi connectivity index (χ1) is 7.29. The number of aromatic nitrogens is 2. The second-order valence-electron chi connectivity index (χ2n) is 3.09. The Morgan fingerprint density at radius 1 is 1.33 bits per heavy atom. The van der Waals surface area contributed by atoms with Crippen LogP contribution in [0.3, 0.4) is 0 Å². The lowest BCUT2D eigenvalue weighted by Gasteiger charge is -2.08. The van der Waals surface area contributed by atoms with Crippen LogP contribution in [0.1, 0.15) is 26.7 Å². The molecule has 0 amide bonds. The number of thioether (sulfide) groups is 1. The number of rotatable bonds is 6. The Balaban J connectivity index is 2.71. The highest BCUT2D eigenvalue weighted by Gasteiger charge is 2.08. The first kappa shape index (κ1) is 12.1. The summed E-state index contributed by atoms with van der Waals surface area (Å²) >= 11 is 1.64. The molecule has 5 heteroatoms. The van der Waals surface area contributed by atoms with E-state index in [0.29, 0.717) is 18.2 Å². The number of nitrogens with zero attached hydrogens (tertiary/aromatic N) is 2. The third-order valence-electron chi connectivity index (χ3n) is 1.70. The molecule has 0 saturated carbocycles. The van der Waals surface area contributed by atoms with E-state index in [1.807, 2.05) is 6.92 Å². The molecule has 1 aromatic heterocycles. The molecule has 0 aliphatic carbocycles. The van der Waals surface area contributed by atoms with Crippen molar-refractivity contribution >= 4 is 17.4 Å². The SMILES string of the molecule is CCCOc1ncnc(SCCC)c1N. The van der Waals surface area contributed by atoms with E-state index in [4.69, 9.17) is 10.5 Å². The van der Waals surface area contributed by atoms with Crippen molar-refractivity contribution in [3.8, 4) is 5.88 Å². The van der Waals surface area contributed by atoms with E-state index in [9.17, 15) is 0 Å². The van der Waals surface area contributed by atoms with Gasteiger partial charge in [-0.15, -0.1) is 11.8 Å². The summed E-state index contributed by atoms with van der Waals surface area (Å²) in [6.07, 6.45) is 3.54. The molecule has 1 aromatic rings. The summed E-state index contributed by atoms with van der Waals surface area (Å²) in [5.74, 6) is 1.51. The second kappa shape index (κ2) is 6.50. The maximum absolute atomic E-state index is 5.89. The van der Waals surface area contributed by atoms with Crippen LogP contribution in [-0.2, 0) is 0 Å². The third-order valence-corrected chi connectivity index (χ3v) is 2.91. The van der Waals surface area contributed by atoms with Crippen molar-refractivity contribution in [3.05, 3.63) is 6.33 Å². The van der Waals surface area contributed by atoms with Gasteiger partial charge in [0.1, 0.15) is 17.0 Å². The lowest BCUT2D eigenvalue weighted by Crippen LogP contribution is -2.03. The third kappa shape index (κ3) is 3.58. The zero-order chi connectivity index (χ0) is 11.1. The Bertz CT molecular complexity index is 280. The largest absolute Gasteiger partial charge is 0.476 e. The van der Waals surface area contributed by atoms with E-state index in [2.05, 4.69) is 16.9 Å². The van der Waals surface area contributed by atoms with Gasteiger partial charge in [-0.25, -0.2) is 4.98 Å². The molecule has 15 heavy (non-hydrogen) atoms. The normalized spacial score (nSPS) is 10.3. The molecular formula is C10H17N3OS. The first-order valence-electron chi connectivity index (χ1n) is 5.15. The molecule has 0 spiro atoms. The molecule has 0 aromatic carbocycles. The van der Waals surface area contributed by atoms with E-state index in [1.54, 1.807) is 11.8 Å². The molecule has 0 atom stereocenters. The van der Waals surface area contributed by atoms with Gasteiger partial charge in [0.2, 0.25) is 5.88 Å². The van der Waals surface area contributed by atoms with Crippen LogP contribution in [0.2, 0.25) is 0 Å². The van der Waals surface area contributed by atoms with Crippen LogP contribution in [-0.4, -0.2) is 22.3 Å². The number of hydrogen-bond donors (Lipinski definition) is 1. The summed E-state index contributed by atoms with van der Waals surface area (Å²) in [4.78, 5) is 8.14. The highest BCUT2D eigenvalue weighted by molar-refractivity contribution is 7.99. The van der Waals surface area contributed by atoms with Gasteiger partial charge in [-0.2, -0.15) is 4.98 Å². The average molecular weight is 227 g/mol. The summed E-state index contributed by atoms with van der Waals surface area (Å²) in [7, 11) is 0. The van der Waals surface area contributed by atoms with Crippen molar-refractivity contribution in [1.82, 2.24) is 9.97 Å². The topological polar surface area (TPSA) is 61.0 Å². The summed E-state index contributed by atoms with van der Waals surface area (Å²) in [6, 6.07) is 0. The van der Waals surface area contributed by atoms with Gasteiger partial charge >= 0.3 is 0 Å². The fourth-order valence-electron chi connectivity index (χ4n) is 0.992. The van der Waals surface area contributed by atoms with Crippen molar-refractivity contribution in [1.29, 1.82) is 0 Å². The predicted molar refractivity (Wildman–Crippen MR) is 63.2 cm³/mol. The molecule has 0 aliphatic heterocycles. The fourth-order valence-corrected chi connectivity index (χ4v) is 1.75. The van der Waals surface area contributed by atoms with Gasteiger partial charge in [-0.1, -0.05) is 13.8 Å². The van der Waals surface area contributed by atoms with E-state index in [1.165, 1.54) is 6.33 Å². The van der Waals surface area contributed by atoms with Crippen molar-refractivity contribution < 1.29 is 4.74 Å². The number of anilines is 1. The molecule has 0 radical (unpaired) electrons. The highest BCUT2D eigenvalue weighted by Crippen LogP contribution is 2.28. The van der Waals surface area contributed by atoms with Crippen molar-refractivity contribution in [2.24, 2.45) is 0 Å². The Labute approximate surface area is 94.6 Å². The monoisotopic (exact) mass is 227 g/mol. The summed E-state index contributed by atoms with van der Waals surface area (Å²) in [6.45, 7) is 4.81. The standard InChI is InChI=1S/C10H17N3OS/c1-3-5-14-9-8(11)10(13-7-12-9)15-6-4-2/h7H,3-6,11H2,1-2H3. The molecule has 0 saturated heterocycles. The quantitative estimate of drug-likeness (QED) is 0.597. The number of hydrogen-bond acceptors (Lipinski definition) is 5. The predicted octanol–water partition coefficient (Wildman–Crippen LogP) is 2.35. The Kier molecular flexibility index (Phi) is 5.25. The minimum absolute atomic E-state index is 0.505. The van der Waals surface area contributed by atoms with Gasteiger partial charge in [-0.3, -0.25) is 0 Å². The summed E-state index contributed by atoms with van der Waals surface area (Å²) in [5.41, 5.74) is 6.45. The zero-order valence-corrected chi connectivity index (χ0v) is 10.0. The van der Waals surface area contributed by atoms with Gasteiger partial charge in [0.25, 0.3) is 0 Å². The lowest BCUT2D eigenvalue weighted by atomic mass is 10.5. The molecule has 0 aliphatic rings. The summed E-state index contributed by atoms with van der Waals surface area (Å²) in [5, 5.41) is 0.818. The van der Waals surface area contributed by atoms with Crippen LogP contribution in [0.15, 0.2) is 11.4 Å². The molecule has 4 nitrogen and oxygen atoms in total. The van der Waals surface area contributed by atoms with Crippen LogP contribution in [0.4, 0.5) is 5.69 Å². The van der Waals surface area contributed by atoms with Gasteiger partial charge in [0.15, 0.2) is 0 Å². The zero-order valence-electron chi connectivity index (χ0n) is 9.19. The minimum Gasteiger partial charge on any atom is -0.476 e. The molecule has 1 heterocycles. The molecule has 0 unspecified atom stereocenters. The van der Waals surface area contributed by atoms with E-state index in [-0.39, 0.29) is 0 Å². The maximum atomic E-state index is 5.89. The molecule has 0 bridgehead atoms. The van der Waals surface area contributed by atoms with Crippen LogP contribution < -0.4 is 10.5 Å². The summed E-state index contributed by atoms with van der Waals surface area (Å²) < 4.78 is 5.42. The second-order valence-corrected chi connectivity index (χ2v) is 4.18. The maximum Gasteiger partial charge on any atom is 0.241 e. The fraction of sp³-hybridized carbons (Fsp3) is 0.600. The van der Waals surface area contributed by atoms with Gasteiger partial charge in [0.05, 0.1) is 6.61 Å². The van der Waals surface area contributed by atoms with Crippen molar-refractivity contribution in [2.45, 2.75) is 31.7 Å². The smallest absolute Gasteiger partial charge is 0.241 e. The lowest BCUT2D eigenvalue weighted by molar-refractivity contribution is 0.305. The Hall–Kier alpha value is -0.970. The van der Waals surface area contributed by atoms with Gasteiger partial charge < -0.3 is 10.5 Å². The molecule has 2 N–H and O–H groups in total. The number of nitrogen functional groups attached to an aromatic ring is 1. The van der Waals surface area contributed by atoms with Gasteiger partial charge in [-0.05, 0) is 18.6 Å². The van der Waals surface area contributed by atoms with E-state index < -0.39 is 0 Å². The van der Waals surface area contributed by atoms with Crippen molar-refractivity contribution in [3.63, 3.8) is 0 Å². The number of nitrogens with two attached hydrogens (primary N) is 1. The van der Waals surface area contributed by atoms with Gasteiger partial charge in [0, 0.05) is 0 Å².